The van der Waals surface area contributed by atoms with Crippen molar-refractivity contribution in [2.75, 3.05) is 37.0 Å². The summed E-state index contributed by atoms with van der Waals surface area (Å²) in [5.41, 5.74) is -0.178. The number of nitro groups is 1. The molecule has 0 bridgehead atoms. The number of anilines is 2. The Bertz CT molecular complexity index is 398. The van der Waals surface area contributed by atoms with Crippen molar-refractivity contribution in [3.8, 4) is 0 Å². The summed E-state index contributed by atoms with van der Waals surface area (Å²) in [6.45, 7) is 2.67. The number of aliphatic hydroxyl groups is 1. The van der Waals surface area contributed by atoms with Crippen molar-refractivity contribution < 1.29 is 10.0 Å². The lowest BCUT2D eigenvalue weighted by Crippen LogP contribution is -2.24. The molecule has 0 saturated carbocycles. The smallest absolute Gasteiger partial charge is 0.329 e. The van der Waals surface area contributed by atoms with E-state index in [4.69, 9.17) is 5.11 Å². The van der Waals surface area contributed by atoms with Crippen molar-refractivity contribution in [3.05, 3.63) is 16.3 Å². The molecule has 1 aromatic heterocycles. The van der Waals surface area contributed by atoms with Crippen LogP contribution in [0.4, 0.5) is 17.5 Å². The van der Waals surface area contributed by atoms with Gasteiger partial charge in [0.2, 0.25) is 11.8 Å². The van der Waals surface area contributed by atoms with Crippen LogP contribution in [-0.2, 0) is 0 Å². The fourth-order valence-electron chi connectivity index (χ4n) is 1.28. The van der Waals surface area contributed by atoms with Crippen molar-refractivity contribution in [3.63, 3.8) is 0 Å². The Hall–Kier alpha value is -1.96. The fraction of sp³-hybridized carbons (Fsp3) is 0.556. The molecule has 1 heterocycles. The van der Waals surface area contributed by atoms with Crippen LogP contribution >= 0.6 is 0 Å². The van der Waals surface area contributed by atoms with E-state index in [9.17, 15) is 10.1 Å². The Kier molecular flexibility index (Phi) is 4.58. The third kappa shape index (κ3) is 3.25. The summed E-state index contributed by atoms with van der Waals surface area (Å²) in [4.78, 5) is 19.7. The first-order valence-corrected chi connectivity index (χ1v) is 5.17. The molecular weight excluding hydrogens is 226 g/mol. The topological polar surface area (TPSA) is 104 Å². The molecule has 8 nitrogen and oxygen atoms in total. The van der Waals surface area contributed by atoms with Crippen molar-refractivity contribution >= 4 is 17.5 Å². The Balaban J connectivity index is 3.10. The average molecular weight is 241 g/mol. The van der Waals surface area contributed by atoms with Crippen molar-refractivity contribution in [2.24, 2.45) is 0 Å². The molecule has 0 aromatic carbocycles. The molecule has 1 rings (SSSR count). The molecule has 0 fully saturated rings. The second-order valence-corrected chi connectivity index (χ2v) is 3.34. The molecule has 0 unspecified atom stereocenters. The quantitative estimate of drug-likeness (QED) is 0.543. The molecule has 0 radical (unpaired) electrons. The highest BCUT2D eigenvalue weighted by molar-refractivity contribution is 5.58. The maximum atomic E-state index is 10.8. The van der Waals surface area contributed by atoms with Crippen LogP contribution in [0.2, 0.25) is 0 Å². The van der Waals surface area contributed by atoms with Gasteiger partial charge in [-0.15, -0.1) is 0 Å². The summed E-state index contributed by atoms with van der Waals surface area (Å²) in [6.07, 6.45) is 1.16. The van der Waals surface area contributed by atoms with E-state index in [1.54, 1.807) is 7.05 Å². The maximum Gasteiger partial charge on any atom is 0.329 e. The zero-order chi connectivity index (χ0) is 12.8. The molecule has 0 atom stereocenters. The first-order chi connectivity index (χ1) is 8.10. The lowest BCUT2D eigenvalue weighted by atomic mass is 10.4. The highest BCUT2D eigenvalue weighted by atomic mass is 16.6. The van der Waals surface area contributed by atoms with Gasteiger partial charge in [-0.25, -0.2) is 4.98 Å². The number of aromatic nitrogens is 2. The maximum absolute atomic E-state index is 10.8. The minimum atomic E-state index is -0.543. The van der Waals surface area contributed by atoms with Gasteiger partial charge in [-0.1, -0.05) is 0 Å². The van der Waals surface area contributed by atoms with Gasteiger partial charge in [0, 0.05) is 20.1 Å². The molecule has 0 saturated heterocycles. The van der Waals surface area contributed by atoms with Gasteiger partial charge in [-0.3, -0.25) is 10.1 Å². The van der Waals surface area contributed by atoms with Gasteiger partial charge in [0.25, 0.3) is 0 Å². The summed E-state index contributed by atoms with van der Waals surface area (Å²) in [5, 5.41) is 22.5. The molecule has 0 aliphatic carbocycles. The predicted molar refractivity (Wildman–Crippen MR) is 63.2 cm³/mol. The monoisotopic (exact) mass is 241 g/mol. The van der Waals surface area contributed by atoms with Crippen LogP contribution in [0.3, 0.4) is 0 Å². The van der Waals surface area contributed by atoms with Crippen LogP contribution in [0, 0.1) is 10.1 Å². The van der Waals surface area contributed by atoms with Gasteiger partial charge in [0.1, 0.15) is 6.20 Å². The number of rotatable bonds is 6. The Morgan fingerprint density at radius 3 is 2.88 bits per heavy atom. The number of nitrogens with zero attached hydrogens (tertiary/aromatic N) is 4. The van der Waals surface area contributed by atoms with Crippen LogP contribution in [0.1, 0.15) is 6.92 Å². The molecule has 0 aliphatic rings. The second kappa shape index (κ2) is 5.94. The van der Waals surface area contributed by atoms with Gasteiger partial charge < -0.3 is 15.3 Å². The Morgan fingerprint density at radius 1 is 1.65 bits per heavy atom. The van der Waals surface area contributed by atoms with E-state index in [1.807, 2.05) is 6.92 Å². The molecule has 0 amide bonds. The summed E-state index contributed by atoms with van der Waals surface area (Å²) in [7, 11) is 1.63. The van der Waals surface area contributed by atoms with Crippen LogP contribution in [-0.4, -0.2) is 46.7 Å². The lowest BCUT2D eigenvalue weighted by molar-refractivity contribution is -0.384. The summed E-state index contributed by atoms with van der Waals surface area (Å²) in [6, 6.07) is 0. The molecule has 2 N–H and O–H groups in total. The molecule has 0 spiro atoms. The summed E-state index contributed by atoms with van der Waals surface area (Å²) >= 11 is 0. The van der Waals surface area contributed by atoms with Crippen LogP contribution in [0.5, 0.6) is 0 Å². The van der Waals surface area contributed by atoms with Crippen molar-refractivity contribution in [1.82, 2.24) is 9.97 Å². The van der Waals surface area contributed by atoms with Crippen molar-refractivity contribution in [1.29, 1.82) is 0 Å². The summed E-state index contributed by atoms with van der Waals surface area (Å²) in [5.74, 6) is 0.521. The van der Waals surface area contributed by atoms with Gasteiger partial charge in [-0.2, -0.15) is 4.98 Å². The van der Waals surface area contributed by atoms with E-state index >= 15 is 0 Å². The second-order valence-electron chi connectivity index (χ2n) is 3.34. The van der Waals surface area contributed by atoms with E-state index in [0.29, 0.717) is 12.5 Å². The fourth-order valence-corrected chi connectivity index (χ4v) is 1.28. The van der Waals surface area contributed by atoms with Gasteiger partial charge in [0.15, 0.2) is 0 Å². The van der Waals surface area contributed by atoms with Crippen molar-refractivity contribution in [2.45, 2.75) is 6.92 Å². The molecule has 0 aliphatic heterocycles. The van der Waals surface area contributed by atoms with E-state index in [-0.39, 0.29) is 24.7 Å². The number of nitrogens with one attached hydrogen (secondary N) is 1. The Labute approximate surface area is 98.5 Å². The SMILES string of the molecule is CCNc1ncc([N+](=O)[O-])c(N(C)CCO)n1. The third-order valence-electron chi connectivity index (χ3n) is 2.08. The highest BCUT2D eigenvalue weighted by Crippen LogP contribution is 2.24. The molecule has 17 heavy (non-hydrogen) atoms. The largest absolute Gasteiger partial charge is 0.395 e. The van der Waals surface area contributed by atoms with Gasteiger partial charge in [0.05, 0.1) is 11.5 Å². The minimum Gasteiger partial charge on any atom is -0.395 e. The number of hydrogen-bond donors (Lipinski definition) is 2. The molecular formula is C9H15N5O3. The molecule has 94 valence electrons. The first kappa shape index (κ1) is 13.1. The highest BCUT2D eigenvalue weighted by Gasteiger charge is 2.20. The minimum absolute atomic E-state index is 0.103. The first-order valence-electron chi connectivity index (χ1n) is 5.17. The zero-order valence-corrected chi connectivity index (χ0v) is 9.75. The standard InChI is InChI=1S/C9H15N5O3/c1-3-10-9-11-6-7(14(16)17)8(12-9)13(2)4-5-15/h6,15H,3-5H2,1-2H3,(H,10,11,12). The zero-order valence-electron chi connectivity index (χ0n) is 9.75. The molecule has 8 heteroatoms. The van der Waals surface area contributed by atoms with E-state index in [1.165, 1.54) is 4.90 Å². The van der Waals surface area contributed by atoms with Crippen LogP contribution in [0.25, 0.3) is 0 Å². The Morgan fingerprint density at radius 2 is 2.35 bits per heavy atom. The van der Waals surface area contributed by atoms with Crippen LogP contribution in [0.15, 0.2) is 6.20 Å². The normalized spacial score (nSPS) is 10.1. The molecule has 1 aromatic rings. The van der Waals surface area contributed by atoms with E-state index in [2.05, 4.69) is 15.3 Å². The number of hydrogen-bond acceptors (Lipinski definition) is 7. The average Bonchev–Trinajstić information content (AvgIpc) is 2.29. The third-order valence-corrected chi connectivity index (χ3v) is 2.08. The van der Waals surface area contributed by atoms with E-state index in [0.717, 1.165) is 6.20 Å². The predicted octanol–water partition coefficient (Wildman–Crippen LogP) is 0.245. The van der Waals surface area contributed by atoms with Gasteiger partial charge in [-0.05, 0) is 6.92 Å². The van der Waals surface area contributed by atoms with E-state index < -0.39 is 4.92 Å². The number of aliphatic hydroxyl groups excluding tert-OH is 1. The van der Waals surface area contributed by atoms with Crippen LogP contribution < -0.4 is 10.2 Å². The summed E-state index contributed by atoms with van der Waals surface area (Å²) < 4.78 is 0. The number of likely N-dealkylation sites (N-methyl/N-ethyl adjacent to an activating group) is 1. The van der Waals surface area contributed by atoms with Gasteiger partial charge >= 0.3 is 5.69 Å². The lowest BCUT2D eigenvalue weighted by Gasteiger charge is -2.16.